The van der Waals surface area contributed by atoms with E-state index in [1.165, 1.54) is 6.20 Å². The predicted molar refractivity (Wildman–Crippen MR) is 62.1 cm³/mol. The number of hydrogen-bond acceptors (Lipinski definition) is 4. The van der Waals surface area contributed by atoms with E-state index in [2.05, 4.69) is 5.10 Å². The number of aliphatic hydroxyl groups excluding tert-OH is 1. The van der Waals surface area contributed by atoms with Crippen molar-refractivity contribution in [3.05, 3.63) is 36.7 Å². The zero-order valence-electron chi connectivity index (χ0n) is 9.45. The first-order valence-corrected chi connectivity index (χ1v) is 5.31. The van der Waals surface area contributed by atoms with Crippen LogP contribution in [0.4, 0.5) is 0 Å². The van der Waals surface area contributed by atoms with Crippen LogP contribution in [0.15, 0.2) is 36.7 Å². The molecule has 17 heavy (non-hydrogen) atoms. The topological polar surface area (TPSA) is 67.5 Å². The molecule has 2 aromatic rings. The molecular weight excluding hydrogens is 220 g/mol. The average Bonchev–Trinajstić information content (AvgIpc) is 2.68. The van der Waals surface area contributed by atoms with Crippen LogP contribution in [0.1, 0.15) is 6.92 Å². The van der Waals surface area contributed by atoms with Crippen molar-refractivity contribution in [2.45, 2.75) is 19.6 Å². The van der Waals surface area contributed by atoms with Crippen LogP contribution < -0.4 is 4.74 Å². The molecule has 0 aliphatic heterocycles. The van der Waals surface area contributed by atoms with Crippen molar-refractivity contribution in [3.8, 4) is 17.2 Å². The zero-order valence-corrected chi connectivity index (χ0v) is 9.45. The van der Waals surface area contributed by atoms with E-state index in [0.717, 1.165) is 0 Å². The molecule has 0 radical (unpaired) electrons. The number of hydrogen-bond donors (Lipinski definition) is 2. The summed E-state index contributed by atoms with van der Waals surface area (Å²) in [5.74, 6) is 0.979. The molecule has 0 aliphatic rings. The normalized spacial score (nSPS) is 12.4. The van der Waals surface area contributed by atoms with Crippen molar-refractivity contribution >= 4 is 0 Å². The number of aromatic nitrogens is 2. The molecule has 0 saturated heterocycles. The maximum Gasteiger partial charge on any atom is 0.169 e. The van der Waals surface area contributed by atoms with Crippen molar-refractivity contribution in [2.24, 2.45) is 0 Å². The lowest BCUT2D eigenvalue weighted by molar-refractivity contribution is 0.168. The molecule has 1 aromatic carbocycles. The van der Waals surface area contributed by atoms with Crippen molar-refractivity contribution in [1.82, 2.24) is 9.78 Å². The molecule has 2 N–H and O–H groups in total. The molecule has 0 fully saturated rings. The van der Waals surface area contributed by atoms with Crippen LogP contribution >= 0.6 is 0 Å². The van der Waals surface area contributed by atoms with Crippen LogP contribution in [0.2, 0.25) is 0 Å². The molecule has 1 unspecified atom stereocenters. The Hall–Kier alpha value is -2.01. The lowest BCUT2D eigenvalue weighted by atomic mass is 10.3. The highest BCUT2D eigenvalue weighted by Gasteiger charge is 2.06. The summed E-state index contributed by atoms with van der Waals surface area (Å²) >= 11 is 0. The van der Waals surface area contributed by atoms with Crippen molar-refractivity contribution < 1.29 is 14.9 Å². The fraction of sp³-hybridized carbons (Fsp3) is 0.250. The Morgan fingerprint density at radius 3 is 2.88 bits per heavy atom. The summed E-state index contributed by atoms with van der Waals surface area (Å²) in [6, 6.07) is 6.71. The number of para-hydroxylation sites is 2. The minimum Gasteiger partial charge on any atom is -0.504 e. The van der Waals surface area contributed by atoms with E-state index in [9.17, 15) is 10.2 Å². The smallest absolute Gasteiger partial charge is 0.169 e. The Bertz CT molecular complexity index is 494. The average molecular weight is 234 g/mol. The Morgan fingerprint density at radius 1 is 1.41 bits per heavy atom. The van der Waals surface area contributed by atoms with E-state index in [1.807, 2.05) is 0 Å². The number of rotatable bonds is 4. The van der Waals surface area contributed by atoms with Gasteiger partial charge in [-0.05, 0) is 19.1 Å². The standard InChI is InChI=1S/C12H14N2O3/c1-9(15)7-14-8-10(6-13-14)17-12-5-3-2-4-11(12)16/h2-6,8-9,15-16H,7H2,1H3. The molecule has 0 saturated carbocycles. The molecule has 5 nitrogen and oxygen atoms in total. The molecule has 1 aromatic heterocycles. The maximum absolute atomic E-state index is 9.53. The Balaban J connectivity index is 2.09. The summed E-state index contributed by atoms with van der Waals surface area (Å²) in [7, 11) is 0. The first kappa shape index (κ1) is 11.5. The molecule has 0 aliphatic carbocycles. The molecule has 0 bridgehead atoms. The van der Waals surface area contributed by atoms with E-state index >= 15 is 0 Å². The third-order valence-electron chi connectivity index (χ3n) is 2.15. The lowest BCUT2D eigenvalue weighted by Gasteiger charge is -2.05. The van der Waals surface area contributed by atoms with Crippen LogP contribution in [0.5, 0.6) is 17.2 Å². The van der Waals surface area contributed by atoms with Crippen molar-refractivity contribution in [2.75, 3.05) is 0 Å². The highest BCUT2D eigenvalue weighted by atomic mass is 16.5. The van der Waals surface area contributed by atoms with E-state index in [4.69, 9.17) is 4.74 Å². The van der Waals surface area contributed by atoms with Gasteiger partial charge in [0.1, 0.15) is 0 Å². The quantitative estimate of drug-likeness (QED) is 0.845. The summed E-state index contributed by atoms with van der Waals surface area (Å²) in [4.78, 5) is 0. The van der Waals surface area contributed by atoms with E-state index in [1.54, 1.807) is 42.1 Å². The van der Waals surface area contributed by atoms with Crippen LogP contribution in [-0.2, 0) is 6.54 Å². The number of phenolic OH excluding ortho intramolecular Hbond substituents is 1. The SMILES string of the molecule is CC(O)Cn1cc(Oc2ccccc2O)cn1. The fourth-order valence-electron chi connectivity index (χ4n) is 1.44. The van der Waals surface area contributed by atoms with Gasteiger partial charge in [-0.2, -0.15) is 5.10 Å². The number of phenols is 1. The monoisotopic (exact) mass is 234 g/mol. The highest BCUT2D eigenvalue weighted by Crippen LogP contribution is 2.29. The van der Waals surface area contributed by atoms with Gasteiger partial charge in [0, 0.05) is 0 Å². The largest absolute Gasteiger partial charge is 0.504 e. The van der Waals surface area contributed by atoms with Gasteiger partial charge in [0.25, 0.3) is 0 Å². The molecular formula is C12H14N2O3. The van der Waals surface area contributed by atoms with Gasteiger partial charge in [-0.25, -0.2) is 0 Å². The van der Waals surface area contributed by atoms with Gasteiger partial charge in [-0.3, -0.25) is 4.68 Å². The number of aromatic hydroxyl groups is 1. The minimum absolute atomic E-state index is 0.0794. The van der Waals surface area contributed by atoms with Gasteiger partial charge in [0.2, 0.25) is 0 Å². The Morgan fingerprint density at radius 2 is 2.18 bits per heavy atom. The van der Waals surface area contributed by atoms with Gasteiger partial charge >= 0.3 is 0 Å². The molecule has 0 amide bonds. The number of nitrogens with zero attached hydrogens (tertiary/aromatic N) is 2. The van der Waals surface area contributed by atoms with Gasteiger partial charge in [-0.15, -0.1) is 0 Å². The molecule has 1 atom stereocenters. The third kappa shape index (κ3) is 2.98. The second-order valence-electron chi connectivity index (χ2n) is 3.82. The van der Waals surface area contributed by atoms with Crippen LogP contribution in [0, 0.1) is 0 Å². The molecule has 1 heterocycles. The number of ether oxygens (including phenoxy) is 1. The van der Waals surface area contributed by atoms with Gasteiger partial charge in [0.05, 0.1) is 25.0 Å². The first-order valence-electron chi connectivity index (χ1n) is 5.31. The molecule has 0 spiro atoms. The fourth-order valence-corrected chi connectivity index (χ4v) is 1.44. The maximum atomic E-state index is 9.53. The van der Waals surface area contributed by atoms with Gasteiger partial charge in [0.15, 0.2) is 17.2 Å². The van der Waals surface area contributed by atoms with E-state index < -0.39 is 6.10 Å². The van der Waals surface area contributed by atoms with Crippen molar-refractivity contribution in [1.29, 1.82) is 0 Å². The number of aliphatic hydroxyl groups is 1. The zero-order chi connectivity index (χ0) is 12.3. The second kappa shape index (κ2) is 4.88. The van der Waals surface area contributed by atoms with E-state index in [-0.39, 0.29) is 5.75 Å². The van der Waals surface area contributed by atoms with Crippen LogP contribution in [0.3, 0.4) is 0 Å². The summed E-state index contributed by atoms with van der Waals surface area (Å²) < 4.78 is 7.04. The second-order valence-corrected chi connectivity index (χ2v) is 3.82. The summed E-state index contributed by atoms with van der Waals surface area (Å²) in [5, 5.41) is 22.8. The molecule has 90 valence electrons. The lowest BCUT2D eigenvalue weighted by Crippen LogP contribution is -2.11. The first-order chi connectivity index (χ1) is 8.15. The van der Waals surface area contributed by atoms with Crippen molar-refractivity contribution in [3.63, 3.8) is 0 Å². The summed E-state index contributed by atoms with van der Waals surface area (Å²) in [5.41, 5.74) is 0. The van der Waals surface area contributed by atoms with Gasteiger partial charge < -0.3 is 14.9 Å². The van der Waals surface area contributed by atoms with Crippen LogP contribution in [0.25, 0.3) is 0 Å². The Labute approximate surface area is 98.9 Å². The van der Waals surface area contributed by atoms with E-state index in [0.29, 0.717) is 18.0 Å². The number of benzene rings is 1. The summed E-state index contributed by atoms with van der Waals surface area (Å²) in [6.45, 7) is 2.09. The van der Waals surface area contributed by atoms with Gasteiger partial charge in [-0.1, -0.05) is 12.1 Å². The predicted octanol–water partition coefficient (Wildman–Crippen LogP) is 1.76. The highest BCUT2D eigenvalue weighted by molar-refractivity contribution is 5.40. The third-order valence-corrected chi connectivity index (χ3v) is 2.15. The van der Waals surface area contributed by atoms with Crippen LogP contribution in [-0.4, -0.2) is 26.1 Å². The summed E-state index contributed by atoms with van der Waals surface area (Å²) in [6.07, 6.45) is 2.74. The Kier molecular flexibility index (Phi) is 3.30. The molecule has 5 heteroatoms. The minimum atomic E-state index is -0.465. The molecule has 2 rings (SSSR count).